The molecule has 0 aromatic heterocycles. The monoisotopic (exact) mass is 278 g/mol. The normalized spacial score (nSPS) is 21.4. The van der Waals surface area contributed by atoms with Gasteiger partial charge in [-0.15, -0.1) is 0 Å². The second kappa shape index (κ2) is 8.38. The van der Waals surface area contributed by atoms with E-state index < -0.39 is 0 Å². The molecule has 0 bridgehead atoms. The molecular weight excluding hydrogens is 251 g/mol. The lowest BCUT2D eigenvalue weighted by atomic mass is 10.0. The topological polar surface area (TPSA) is 24.1 Å². The summed E-state index contributed by atoms with van der Waals surface area (Å²) in [6, 6.07) is 8.18. The van der Waals surface area contributed by atoms with Gasteiger partial charge in [0.2, 0.25) is 0 Å². The molecule has 0 spiro atoms. The molecule has 20 heavy (non-hydrogen) atoms. The zero-order valence-electron chi connectivity index (χ0n) is 12.5. The van der Waals surface area contributed by atoms with Crippen molar-refractivity contribution in [2.24, 2.45) is 0 Å². The van der Waals surface area contributed by atoms with Gasteiger partial charge in [-0.2, -0.15) is 0 Å². The summed E-state index contributed by atoms with van der Waals surface area (Å²) in [5, 5.41) is 7.15. The van der Waals surface area contributed by atoms with Crippen LogP contribution in [0, 0.1) is 5.82 Å². The maximum atomic E-state index is 13.5. The molecule has 0 saturated carbocycles. The molecule has 2 atom stereocenters. The molecule has 2 unspecified atom stereocenters. The fraction of sp³-hybridized carbons (Fsp3) is 0.647. The molecule has 1 aliphatic heterocycles. The number of benzene rings is 1. The van der Waals surface area contributed by atoms with E-state index in [0.29, 0.717) is 12.1 Å². The lowest BCUT2D eigenvalue weighted by molar-refractivity contribution is 0.404. The van der Waals surface area contributed by atoms with Crippen molar-refractivity contribution in [1.29, 1.82) is 0 Å². The predicted molar refractivity (Wildman–Crippen MR) is 82.4 cm³/mol. The van der Waals surface area contributed by atoms with Crippen molar-refractivity contribution in [2.75, 3.05) is 13.1 Å². The van der Waals surface area contributed by atoms with Gasteiger partial charge in [0.15, 0.2) is 0 Å². The number of halogens is 1. The first-order chi connectivity index (χ1) is 9.75. The van der Waals surface area contributed by atoms with Crippen LogP contribution < -0.4 is 10.6 Å². The van der Waals surface area contributed by atoms with Gasteiger partial charge in [0.05, 0.1) is 0 Å². The molecule has 2 nitrogen and oxygen atoms in total. The second-order valence-electron chi connectivity index (χ2n) is 5.93. The first-order valence-corrected chi connectivity index (χ1v) is 7.96. The zero-order valence-corrected chi connectivity index (χ0v) is 12.5. The van der Waals surface area contributed by atoms with E-state index >= 15 is 0 Å². The van der Waals surface area contributed by atoms with Gasteiger partial charge in [-0.1, -0.05) is 31.0 Å². The summed E-state index contributed by atoms with van der Waals surface area (Å²) in [5.41, 5.74) is 0.805. The SMILES string of the molecule is CC(CC1CCCCCN1)NCCc1ccccc1F. The zero-order chi connectivity index (χ0) is 14.2. The van der Waals surface area contributed by atoms with Crippen LogP contribution in [0.5, 0.6) is 0 Å². The van der Waals surface area contributed by atoms with Gasteiger partial charge in [0.25, 0.3) is 0 Å². The van der Waals surface area contributed by atoms with Crippen LogP contribution in [-0.4, -0.2) is 25.2 Å². The Balaban J connectivity index is 1.67. The molecule has 3 heteroatoms. The number of hydrogen-bond donors (Lipinski definition) is 2. The van der Waals surface area contributed by atoms with Crippen molar-refractivity contribution in [2.45, 2.75) is 57.5 Å². The van der Waals surface area contributed by atoms with E-state index in [1.807, 2.05) is 12.1 Å². The Bertz CT molecular complexity index is 386. The molecule has 1 saturated heterocycles. The Morgan fingerprint density at radius 1 is 1.30 bits per heavy atom. The molecule has 1 fully saturated rings. The van der Waals surface area contributed by atoms with Crippen molar-refractivity contribution in [3.63, 3.8) is 0 Å². The summed E-state index contributed by atoms with van der Waals surface area (Å²) in [6.07, 6.45) is 7.23. The predicted octanol–water partition coefficient (Wildman–Crippen LogP) is 3.27. The highest BCUT2D eigenvalue weighted by Gasteiger charge is 2.14. The Kier molecular flexibility index (Phi) is 6.48. The van der Waals surface area contributed by atoms with Crippen LogP contribution in [0.2, 0.25) is 0 Å². The molecule has 0 aliphatic carbocycles. The minimum absolute atomic E-state index is 0.0904. The summed E-state index contributed by atoms with van der Waals surface area (Å²) in [6.45, 7) is 4.23. The molecule has 0 amide bonds. The third-order valence-corrected chi connectivity index (χ3v) is 4.15. The van der Waals surface area contributed by atoms with Gasteiger partial charge < -0.3 is 10.6 Å². The van der Waals surface area contributed by atoms with Crippen molar-refractivity contribution in [3.05, 3.63) is 35.6 Å². The third-order valence-electron chi connectivity index (χ3n) is 4.15. The van der Waals surface area contributed by atoms with E-state index in [0.717, 1.165) is 31.5 Å². The van der Waals surface area contributed by atoms with Crippen LogP contribution in [0.1, 0.15) is 44.6 Å². The van der Waals surface area contributed by atoms with Crippen LogP contribution in [-0.2, 0) is 6.42 Å². The molecule has 1 aromatic rings. The third kappa shape index (κ3) is 5.22. The molecule has 2 N–H and O–H groups in total. The van der Waals surface area contributed by atoms with Crippen LogP contribution in [0.25, 0.3) is 0 Å². The van der Waals surface area contributed by atoms with E-state index in [1.54, 1.807) is 6.07 Å². The largest absolute Gasteiger partial charge is 0.314 e. The fourth-order valence-corrected chi connectivity index (χ4v) is 2.97. The summed E-state index contributed by atoms with van der Waals surface area (Å²) < 4.78 is 13.5. The van der Waals surface area contributed by atoms with Crippen LogP contribution in [0.3, 0.4) is 0 Å². The van der Waals surface area contributed by atoms with E-state index in [1.165, 1.54) is 31.7 Å². The lowest BCUT2D eigenvalue weighted by Gasteiger charge is -2.21. The molecule has 1 aliphatic rings. The smallest absolute Gasteiger partial charge is 0.126 e. The van der Waals surface area contributed by atoms with E-state index in [2.05, 4.69) is 17.6 Å². The van der Waals surface area contributed by atoms with Crippen LogP contribution in [0.4, 0.5) is 4.39 Å². The van der Waals surface area contributed by atoms with Gasteiger partial charge in [-0.05, 0) is 57.3 Å². The fourth-order valence-electron chi connectivity index (χ4n) is 2.97. The maximum Gasteiger partial charge on any atom is 0.126 e. The Morgan fingerprint density at radius 3 is 3.00 bits per heavy atom. The van der Waals surface area contributed by atoms with Gasteiger partial charge >= 0.3 is 0 Å². The average Bonchev–Trinajstić information content (AvgIpc) is 2.69. The molecule has 1 aromatic carbocycles. The van der Waals surface area contributed by atoms with Gasteiger partial charge in [0.1, 0.15) is 5.82 Å². The van der Waals surface area contributed by atoms with Crippen molar-refractivity contribution in [3.8, 4) is 0 Å². The molecule has 1 heterocycles. The molecule has 112 valence electrons. The first kappa shape index (κ1) is 15.5. The molecular formula is C17H27FN2. The highest BCUT2D eigenvalue weighted by Crippen LogP contribution is 2.12. The summed E-state index contributed by atoms with van der Waals surface area (Å²) in [4.78, 5) is 0. The average molecular weight is 278 g/mol. The number of hydrogen-bond acceptors (Lipinski definition) is 2. The number of rotatable bonds is 6. The lowest BCUT2D eigenvalue weighted by Crippen LogP contribution is -2.37. The van der Waals surface area contributed by atoms with Crippen LogP contribution in [0.15, 0.2) is 24.3 Å². The first-order valence-electron chi connectivity index (χ1n) is 7.96. The van der Waals surface area contributed by atoms with Crippen molar-refractivity contribution >= 4 is 0 Å². The second-order valence-corrected chi connectivity index (χ2v) is 5.93. The van der Waals surface area contributed by atoms with Gasteiger partial charge in [-0.25, -0.2) is 4.39 Å². The molecule has 2 rings (SSSR count). The Morgan fingerprint density at radius 2 is 2.15 bits per heavy atom. The Labute approximate surface area is 122 Å². The van der Waals surface area contributed by atoms with Gasteiger partial charge in [-0.3, -0.25) is 0 Å². The van der Waals surface area contributed by atoms with E-state index in [9.17, 15) is 4.39 Å². The van der Waals surface area contributed by atoms with Gasteiger partial charge in [0, 0.05) is 12.1 Å². The Hall–Kier alpha value is -0.930. The standard InChI is InChI=1S/C17H27FN2/c1-14(13-16-8-3-2-6-11-20-16)19-12-10-15-7-4-5-9-17(15)18/h4-5,7,9,14,16,19-20H,2-3,6,8,10-13H2,1H3. The number of nitrogens with one attached hydrogen (secondary N) is 2. The van der Waals surface area contributed by atoms with E-state index in [-0.39, 0.29) is 5.82 Å². The van der Waals surface area contributed by atoms with Crippen molar-refractivity contribution < 1.29 is 4.39 Å². The van der Waals surface area contributed by atoms with E-state index in [4.69, 9.17) is 0 Å². The highest BCUT2D eigenvalue weighted by molar-refractivity contribution is 5.17. The van der Waals surface area contributed by atoms with Crippen molar-refractivity contribution in [1.82, 2.24) is 10.6 Å². The van der Waals surface area contributed by atoms with Crippen LogP contribution >= 0.6 is 0 Å². The summed E-state index contributed by atoms with van der Waals surface area (Å²) in [7, 11) is 0. The molecule has 0 radical (unpaired) electrons. The minimum atomic E-state index is -0.0904. The highest BCUT2D eigenvalue weighted by atomic mass is 19.1. The summed E-state index contributed by atoms with van der Waals surface area (Å²) >= 11 is 0. The minimum Gasteiger partial charge on any atom is -0.314 e. The summed E-state index contributed by atoms with van der Waals surface area (Å²) in [5.74, 6) is -0.0904. The quantitative estimate of drug-likeness (QED) is 0.834. The maximum absolute atomic E-state index is 13.5.